The standard InChI is InChI=1S/C28H37N3O8/c1-8-9-18(2)24(30-26(33)39-28(5,6)7)15-10-19(3)25(32)23(20(4)29)17-38-27(34)37-16-21-11-13-22(14-12-21)31(35)36/h9-15H,8,16-17,29H2,1-7H3,(H,30,33)/b18-9+,19-10+,23-20?,24-15+. The average Bonchev–Trinajstić information content (AvgIpc) is 2.84. The molecule has 212 valence electrons. The van der Waals surface area contributed by atoms with E-state index < -0.39 is 35.2 Å². The predicted octanol–water partition coefficient (Wildman–Crippen LogP) is 5.76. The van der Waals surface area contributed by atoms with Crippen LogP contribution in [0.15, 0.2) is 70.6 Å². The second kappa shape index (κ2) is 15.1. The summed E-state index contributed by atoms with van der Waals surface area (Å²) in [5.41, 5.74) is 7.38. The zero-order valence-corrected chi connectivity index (χ0v) is 23.5. The van der Waals surface area contributed by atoms with Gasteiger partial charge < -0.3 is 19.9 Å². The van der Waals surface area contributed by atoms with E-state index in [4.69, 9.17) is 19.9 Å². The van der Waals surface area contributed by atoms with E-state index in [1.807, 2.05) is 19.9 Å². The number of nitrogens with two attached hydrogens (primary N) is 1. The number of amides is 1. The Kier molecular flexibility index (Phi) is 12.6. The molecule has 1 aromatic rings. The molecule has 0 aromatic heterocycles. The molecule has 0 saturated heterocycles. The summed E-state index contributed by atoms with van der Waals surface area (Å²) in [5, 5.41) is 13.4. The molecule has 1 aromatic carbocycles. The minimum atomic E-state index is -1.04. The molecule has 0 saturated carbocycles. The van der Waals surface area contributed by atoms with E-state index in [1.165, 1.54) is 37.3 Å². The van der Waals surface area contributed by atoms with Crippen molar-refractivity contribution in [3.63, 3.8) is 0 Å². The average molecular weight is 544 g/mol. The SMILES string of the molecule is CC/C=C(C)/C(=C\C=C(/C)C(=O)C(COC(=O)OCc1ccc([N+](=O)[O-])cc1)=C(C)N)NC(=O)OC(C)(C)C. The van der Waals surface area contributed by atoms with Crippen LogP contribution in [0.1, 0.15) is 60.5 Å². The number of hydrogen-bond acceptors (Lipinski definition) is 9. The number of ether oxygens (including phenoxy) is 3. The van der Waals surface area contributed by atoms with Crippen molar-refractivity contribution in [1.82, 2.24) is 5.32 Å². The van der Waals surface area contributed by atoms with Crippen molar-refractivity contribution in [1.29, 1.82) is 0 Å². The number of nitro benzene ring substituents is 1. The molecule has 11 heteroatoms. The Morgan fingerprint density at radius 2 is 1.64 bits per heavy atom. The number of non-ortho nitro benzene ring substituents is 1. The van der Waals surface area contributed by atoms with Gasteiger partial charge in [0.2, 0.25) is 0 Å². The third-order valence-electron chi connectivity index (χ3n) is 5.02. The highest BCUT2D eigenvalue weighted by molar-refractivity contribution is 6.08. The first kappa shape index (κ1) is 32.6. The van der Waals surface area contributed by atoms with Gasteiger partial charge in [0.25, 0.3) is 5.69 Å². The van der Waals surface area contributed by atoms with E-state index in [2.05, 4.69) is 5.32 Å². The van der Waals surface area contributed by atoms with Gasteiger partial charge in [0.15, 0.2) is 5.78 Å². The molecule has 0 radical (unpaired) electrons. The van der Waals surface area contributed by atoms with E-state index in [9.17, 15) is 24.5 Å². The largest absolute Gasteiger partial charge is 0.508 e. The van der Waals surface area contributed by atoms with Crippen LogP contribution in [-0.2, 0) is 25.6 Å². The van der Waals surface area contributed by atoms with Crippen molar-refractivity contribution >= 4 is 23.7 Å². The molecule has 3 N–H and O–H groups in total. The zero-order chi connectivity index (χ0) is 29.8. The Morgan fingerprint density at radius 1 is 1.03 bits per heavy atom. The quantitative estimate of drug-likeness (QED) is 0.116. The molecule has 0 unspecified atom stereocenters. The number of allylic oxidation sites excluding steroid dienone is 6. The second-order valence-corrected chi connectivity index (χ2v) is 9.59. The van der Waals surface area contributed by atoms with Crippen LogP contribution in [0.2, 0.25) is 0 Å². The molecule has 1 rings (SSSR count). The van der Waals surface area contributed by atoms with E-state index in [-0.39, 0.29) is 29.1 Å². The van der Waals surface area contributed by atoms with Gasteiger partial charge in [0, 0.05) is 23.5 Å². The van der Waals surface area contributed by atoms with Gasteiger partial charge in [-0.3, -0.25) is 20.2 Å². The first-order valence-corrected chi connectivity index (χ1v) is 12.2. The lowest BCUT2D eigenvalue weighted by atomic mass is 10.0. The number of rotatable bonds is 11. The van der Waals surface area contributed by atoms with Crippen LogP contribution >= 0.6 is 0 Å². The Balaban J connectivity index is 2.91. The van der Waals surface area contributed by atoms with Gasteiger partial charge >= 0.3 is 12.2 Å². The molecule has 0 aliphatic carbocycles. The van der Waals surface area contributed by atoms with Crippen LogP contribution in [0.25, 0.3) is 0 Å². The third kappa shape index (κ3) is 12.1. The fourth-order valence-electron chi connectivity index (χ4n) is 3.01. The number of hydrogen-bond donors (Lipinski definition) is 2. The molecule has 0 spiro atoms. The maximum atomic E-state index is 13.0. The number of nitro groups is 1. The van der Waals surface area contributed by atoms with Crippen LogP contribution in [-0.4, -0.2) is 35.2 Å². The molecule has 0 heterocycles. The van der Waals surface area contributed by atoms with Crippen molar-refractivity contribution in [2.75, 3.05) is 6.61 Å². The fraction of sp³-hybridized carbons (Fsp3) is 0.393. The molecule has 0 bridgehead atoms. The molecular weight excluding hydrogens is 506 g/mol. The molecule has 11 nitrogen and oxygen atoms in total. The van der Waals surface area contributed by atoms with Crippen molar-refractivity contribution in [3.05, 3.63) is 86.3 Å². The van der Waals surface area contributed by atoms with Gasteiger partial charge in [-0.25, -0.2) is 9.59 Å². The van der Waals surface area contributed by atoms with Crippen LogP contribution in [0.3, 0.4) is 0 Å². The van der Waals surface area contributed by atoms with Crippen LogP contribution in [0, 0.1) is 10.1 Å². The maximum Gasteiger partial charge on any atom is 0.508 e. The number of ketones is 1. The van der Waals surface area contributed by atoms with E-state index >= 15 is 0 Å². The molecule has 0 aliphatic heterocycles. The summed E-state index contributed by atoms with van der Waals surface area (Å²) < 4.78 is 15.4. The van der Waals surface area contributed by atoms with Gasteiger partial charge in [-0.15, -0.1) is 0 Å². The van der Waals surface area contributed by atoms with E-state index in [0.29, 0.717) is 11.3 Å². The lowest BCUT2D eigenvalue weighted by Gasteiger charge is -2.20. The van der Waals surface area contributed by atoms with Crippen LogP contribution < -0.4 is 11.1 Å². The summed E-state index contributed by atoms with van der Waals surface area (Å²) in [6, 6.07) is 5.49. The summed E-state index contributed by atoms with van der Waals surface area (Å²) in [6.45, 7) is 11.5. The number of alkyl carbamates (subject to hydrolysis) is 1. The first-order chi connectivity index (χ1) is 18.1. The third-order valence-corrected chi connectivity index (χ3v) is 5.02. The minimum absolute atomic E-state index is 0.0620. The first-order valence-electron chi connectivity index (χ1n) is 12.2. The Hall–Kier alpha value is -4.41. The number of nitrogens with zero attached hydrogens (tertiary/aromatic N) is 1. The molecule has 39 heavy (non-hydrogen) atoms. The summed E-state index contributed by atoms with van der Waals surface area (Å²) >= 11 is 0. The maximum absolute atomic E-state index is 13.0. The Morgan fingerprint density at radius 3 is 2.15 bits per heavy atom. The highest BCUT2D eigenvalue weighted by Gasteiger charge is 2.19. The zero-order valence-electron chi connectivity index (χ0n) is 23.5. The Bertz CT molecular complexity index is 1180. The lowest BCUT2D eigenvalue weighted by Crippen LogP contribution is -2.32. The van der Waals surface area contributed by atoms with E-state index in [0.717, 1.165) is 12.0 Å². The van der Waals surface area contributed by atoms with Crippen molar-refractivity contribution in [3.8, 4) is 0 Å². The van der Waals surface area contributed by atoms with Gasteiger partial charge in [-0.1, -0.05) is 19.1 Å². The summed E-state index contributed by atoms with van der Waals surface area (Å²) in [5.74, 6) is -0.455. The highest BCUT2D eigenvalue weighted by atomic mass is 16.7. The van der Waals surface area contributed by atoms with E-state index in [1.54, 1.807) is 33.8 Å². The van der Waals surface area contributed by atoms with Crippen molar-refractivity contribution in [2.45, 2.75) is 67.1 Å². The second-order valence-electron chi connectivity index (χ2n) is 9.59. The molecular formula is C28H37N3O8. The smallest absolute Gasteiger partial charge is 0.444 e. The molecule has 0 aliphatic rings. The van der Waals surface area contributed by atoms with Crippen molar-refractivity contribution < 1.29 is 33.5 Å². The molecule has 0 fully saturated rings. The van der Waals surface area contributed by atoms with Gasteiger partial charge in [0.05, 0.1) is 10.5 Å². The number of carbonyl (C=O) groups is 3. The normalized spacial score (nSPS) is 13.3. The van der Waals surface area contributed by atoms with Crippen molar-refractivity contribution in [2.24, 2.45) is 5.73 Å². The fourth-order valence-corrected chi connectivity index (χ4v) is 3.01. The summed E-state index contributed by atoms with van der Waals surface area (Å²) in [6.07, 6.45) is 4.09. The number of Topliss-reactive ketones (excluding diaryl/α,β-unsaturated/α-hetero) is 1. The van der Waals surface area contributed by atoms with Crippen LogP contribution in [0.4, 0.5) is 15.3 Å². The Labute approximate surface area is 228 Å². The van der Waals surface area contributed by atoms with Crippen LogP contribution in [0.5, 0.6) is 0 Å². The van der Waals surface area contributed by atoms with Gasteiger partial charge in [-0.2, -0.15) is 0 Å². The number of carbonyl (C=O) groups excluding carboxylic acids is 3. The monoisotopic (exact) mass is 543 g/mol. The minimum Gasteiger partial charge on any atom is -0.444 e. The van der Waals surface area contributed by atoms with Gasteiger partial charge in [0.1, 0.15) is 18.8 Å². The summed E-state index contributed by atoms with van der Waals surface area (Å²) in [4.78, 5) is 47.6. The highest BCUT2D eigenvalue weighted by Crippen LogP contribution is 2.15. The van der Waals surface area contributed by atoms with Gasteiger partial charge in [-0.05, 0) is 82.9 Å². The number of nitrogens with one attached hydrogen (secondary N) is 1. The molecule has 1 amide bonds. The summed E-state index contributed by atoms with van der Waals surface area (Å²) in [7, 11) is 0. The predicted molar refractivity (Wildman–Crippen MR) is 146 cm³/mol. The topological polar surface area (TPSA) is 160 Å². The lowest BCUT2D eigenvalue weighted by molar-refractivity contribution is -0.384. The molecule has 0 atom stereocenters. The number of benzene rings is 1.